The van der Waals surface area contributed by atoms with E-state index in [1.165, 1.54) is 6.42 Å². The van der Waals surface area contributed by atoms with Gasteiger partial charge in [0.15, 0.2) is 0 Å². The highest BCUT2D eigenvalue weighted by molar-refractivity contribution is 7.89. The molecule has 2 aromatic carbocycles. The summed E-state index contributed by atoms with van der Waals surface area (Å²) in [7, 11) is -3.43. The van der Waals surface area contributed by atoms with E-state index in [0.717, 1.165) is 60.0 Å². The SMILES string of the molecule is Cc1cc(-c2ccc(S(=O)(=O)NC3CCCCC3)cc2)ccn1.Cc1ccccc1[C@H]1CNC(=O)CN1C=O. The molecule has 1 saturated carbocycles. The summed E-state index contributed by atoms with van der Waals surface area (Å²) in [5, 5.41) is 2.78. The molecule has 8 nitrogen and oxygen atoms in total. The smallest absolute Gasteiger partial charge is 0.240 e. The van der Waals surface area contributed by atoms with Crippen LogP contribution in [0.25, 0.3) is 11.1 Å². The van der Waals surface area contributed by atoms with E-state index < -0.39 is 10.0 Å². The Kier molecular flexibility index (Phi) is 9.48. The van der Waals surface area contributed by atoms with Crippen molar-refractivity contribution in [1.29, 1.82) is 0 Å². The maximum Gasteiger partial charge on any atom is 0.240 e. The molecule has 5 rings (SSSR count). The molecule has 2 amide bonds. The highest BCUT2D eigenvalue weighted by atomic mass is 32.2. The molecule has 1 atom stereocenters. The number of sulfonamides is 1. The first-order chi connectivity index (χ1) is 18.8. The van der Waals surface area contributed by atoms with E-state index in [4.69, 9.17) is 0 Å². The van der Waals surface area contributed by atoms with Crippen molar-refractivity contribution in [3.05, 3.63) is 83.7 Å². The fourth-order valence-corrected chi connectivity index (χ4v) is 6.38. The van der Waals surface area contributed by atoms with Gasteiger partial charge in [-0.25, -0.2) is 13.1 Å². The van der Waals surface area contributed by atoms with E-state index in [-0.39, 0.29) is 24.5 Å². The first-order valence-corrected chi connectivity index (χ1v) is 14.8. The van der Waals surface area contributed by atoms with Crippen LogP contribution in [0.1, 0.15) is 55.0 Å². The van der Waals surface area contributed by atoms with Crippen molar-refractivity contribution < 1.29 is 18.0 Å². The molecule has 0 radical (unpaired) electrons. The van der Waals surface area contributed by atoms with Crippen molar-refractivity contribution in [1.82, 2.24) is 19.9 Å². The van der Waals surface area contributed by atoms with Crippen LogP contribution < -0.4 is 10.0 Å². The van der Waals surface area contributed by atoms with Crippen LogP contribution in [0, 0.1) is 13.8 Å². The van der Waals surface area contributed by atoms with E-state index in [2.05, 4.69) is 15.0 Å². The van der Waals surface area contributed by atoms with Crippen LogP contribution in [0.5, 0.6) is 0 Å². The minimum absolute atomic E-state index is 0.0450. The second kappa shape index (κ2) is 13.0. The number of aryl methyl sites for hydroxylation is 2. The Labute approximate surface area is 230 Å². The third kappa shape index (κ3) is 7.52. The molecule has 1 aliphatic heterocycles. The van der Waals surface area contributed by atoms with Gasteiger partial charge in [-0.3, -0.25) is 14.6 Å². The Morgan fingerprint density at radius 1 is 0.974 bits per heavy atom. The van der Waals surface area contributed by atoms with Gasteiger partial charge in [0.2, 0.25) is 22.3 Å². The van der Waals surface area contributed by atoms with Crippen LogP contribution >= 0.6 is 0 Å². The predicted molar refractivity (Wildman–Crippen MR) is 151 cm³/mol. The summed E-state index contributed by atoms with van der Waals surface area (Å²) in [4.78, 5) is 28.2. The molecule has 0 bridgehead atoms. The molecule has 1 aromatic heterocycles. The van der Waals surface area contributed by atoms with Crippen molar-refractivity contribution in [2.75, 3.05) is 13.1 Å². The van der Waals surface area contributed by atoms with E-state index in [1.54, 1.807) is 23.2 Å². The fraction of sp³-hybridized carbons (Fsp3) is 0.367. The topological polar surface area (TPSA) is 108 Å². The lowest BCUT2D eigenvalue weighted by Crippen LogP contribution is -2.49. The molecule has 0 spiro atoms. The van der Waals surface area contributed by atoms with E-state index >= 15 is 0 Å². The molecule has 206 valence electrons. The number of nitrogens with zero attached hydrogens (tertiary/aromatic N) is 2. The first-order valence-electron chi connectivity index (χ1n) is 13.4. The van der Waals surface area contributed by atoms with Gasteiger partial charge in [0.1, 0.15) is 0 Å². The molecule has 9 heteroatoms. The normalized spacial score (nSPS) is 18.1. The molecule has 2 N–H and O–H groups in total. The van der Waals surface area contributed by atoms with Gasteiger partial charge < -0.3 is 10.2 Å². The molecule has 1 saturated heterocycles. The second-order valence-electron chi connectivity index (χ2n) is 10.1. The lowest BCUT2D eigenvalue weighted by Gasteiger charge is -2.33. The molecule has 1 aliphatic carbocycles. The summed E-state index contributed by atoms with van der Waals surface area (Å²) < 4.78 is 27.8. The molecule has 2 fully saturated rings. The lowest BCUT2D eigenvalue weighted by atomic mass is 9.96. The van der Waals surface area contributed by atoms with Crippen LogP contribution in [0.15, 0.2) is 71.8 Å². The molecule has 2 heterocycles. The number of carbonyl (C=O) groups is 2. The molecular weight excluding hydrogens is 512 g/mol. The molecule has 2 aliphatic rings. The van der Waals surface area contributed by atoms with Crippen molar-refractivity contribution in [3.63, 3.8) is 0 Å². The molecule has 39 heavy (non-hydrogen) atoms. The molecular formula is C30H36N4O4S. The van der Waals surface area contributed by atoms with Crippen LogP contribution in [-0.2, 0) is 19.6 Å². The van der Waals surface area contributed by atoms with Gasteiger partial charge in [0.25, 0.3) is 0 Å². The number of amides is 2. The average molecular weight is 549 g/mol. The van der Waals surface area contributed by atoms with E-state index in [0.29, 0.717) is 11.4 Å². The van der Waals surface area contributed by atoms with Crippen molar-refractivity contribution >= 4 is 22.3 Å². The number of rotatable bonds is 6. The van der Waals surface area contributed by atoms with Crippen LogP contribution in [0.2, 0.25) is 0 Å². The number of nitrogens with one attached hydrogen (secondary N) is 2. The standard InChI is InChI=1S/C18H22N2O2S.C12H14N2O2/c1-14-13-16(11-12-19-14)15-7-9-18(10-8-15)23(21,22)20-17-5-3-2-4-6-17;1-9-4-2-3-5-10(9)11-6-13-12(16)7-14(11)8-15/h7-13,17,20H,2-6H2,1H3;2-5,8,11H,6-7H2,1H3,(H,13,16)/t;11-/m.1/s1. The number of hydrogen-bond donors (Lipinski definition) is 2. The first kappa shape index (κ1) is 28.4. The Morgan fingerprint density at radius 3 is 2.36 bits per heavy atom. The quantitative estimate of drug-likeness (QED) is 0.447. The monoisotopic (exact) mass is 548 g/mol. The summed E-state index contributed by atoms with van der Waals surface area (Å²) in [6.07, 6.45) is 7.80. The molecule has 0 unspecified atom stereocenters. The third-order valence-electron chi connectivity index (χ3n) is 7.22. The Hall–Kier alpha value is -3.56. The number of piperazine rings is 1. The summed E-state index contributed by atoms with van der Waals surface area (Å²) in [6.45, 7) is 4.58. The molecule has 3 aromatic rings. The number of aromatic nitrogens is 1. The zero-order valence-electron chi connectivity index (χ0n) is 22.5. The van der Waals surface area contributed by atoms with Gasteiger partial charge in [-0.05, 0) is 73.2 Å². The third-order valence-corrected chi connectivity index (χ3v) is 8.76. The zero-order valence-corrected chi connectivity index (χ0v) is 23.3. The highest BCUT2D eigenvalue weighted by Crippen LogP contribution is 2.25. The maximum atomic E-state index is 12.5. The zero-order chi connectivity index (χ0) is 27.8. The van der Waals surface area contributed by atoms with Crippen LogP contribution in [-0.4, -0.2) is 49.8 Å². The average Bonchev–Trinajstić information content (AvgIpc) is 2.94. The van der Waals surface area contributed by atoms with Crippen LogP contribution in [0.3, 0.4) is 0 Å². The summed E-state index contributed by atoms with van der Waals surface area (Å²) >= 11 is 0. The van der Waals surface area contributed by atoms with Gasteiger partial charge in [-0.2, -0.15) is 0 Å². The van der Waals surface area contributed by atoms with Gasteiger partial charge in [0.05, 0.1) is 17.5 Å². The van der Waals surface area contributed by atoms with E-state index in [9.17, 15) is 18.0 Å². The maximum absolute atomic E-state index is 12.5. The summed E-state index contributed by atoms with van der Waals surface area (Å²) in [6, 6.07) is 18.9. The van der Waals surface area contributed by atoms with Crippen LogP contribution in [0.4, 0.5) is 0 Å². The van der Waals surface area contributed by atoms with Gasteiger partial charge in [0, 0.05) is 24.5 Å². The van der Waals surface area contributed by atoms with Crippen molar-refractivity contribution in [2.24, 2.45) is 0 Å². The van der Waals surface area contributed by atoms with Gasteiger partial charge in [-0.15, -0.1) is 0 Å². The Balaban J connectivity index is 0.000000193. The number of pyridine rings is 1. The summed E-state index contributed by atoms with van der Waals surface area (Å²) in [5.41, 5.74) is 5.21. The largest absolute Gasteiger partial charge is 0.352 e. The minimum Gasteiger partial charge on any atom is -0.352 e. The Morgan fingerprint density at radius 2 is 1.69 bits per heavy atom. The summed E-state index contributed by atoms with van der Waals surface area (Å²) in [5.74, 6) is -0.100. The van der Waals surface area contributed by atoms with Crippen molar-refractivity contribution in [2.45, 2.75) is 62.9 Å². The lowest BCUT2D eigenvalue weighted by molar-refractivity contribution is -0.133. The van der Waals surface area contributed by atoms with Gasteiger partial charge >= 0.3 is 0 Å². The Bertz CT molecular complexity index is 1390. The predicted octanol–water partition coefficient (Wildman–Crippen LogP) is 4.29. The minimum atomic E-state index is -3.43. The second-order valence-corrected chi connectivity index (χ2v) is 11.8. The number of benzene rings is 2. The van der Waals surface area contributed by atoms with E-state index in [1.807, 2.05) is 62.4 Å². The van der Waals surface area contributed by atoms with Crippen molar-refractivity contribution in [3.8, 4) is 11.1 Å². The number of carbonyl (C=O) groups excluding carboxylic acids is 2. The van der Waals surface area contributed by atoms with Gasteiger partial charge in [-0.1, -0.05) is 55.7 Å². The fourth-order valence-electron chi connectivity index (χ4n) is 5.08. The highest BCUT2D eigenvalue weighted by Gasteiger charge is 2.27. The number of hydrogen-bond acceptors (Lipinski definition) is 5.